The zero-order valence-corrected chi connectivity index (χ0v) is 19.0. The zero-order chi connectivity index (χ0) is 18.2. The third kappa shape index (κ3) is 6.65. The second-order valence-corrected chi connectivity index (χ2v) is 7.92. The van der Waals surface area contributed by atoms with Crippen molar-refractivity contribution in [3.8, 4) is 0 Å². The topological polar surface area (TPSA) is 65.1 Å². The minimum absolute atomic E-state index is 0. The molecule has 2 aromatic heterocycles. The summed E-state index contributed by atoms with van der Waals surface area (Å²) in [5, 5.41) is 9.71. The SMILES string of the molecule is CN=C(NCCCSc1nccs1)NCCc1c[nH]c2cc(F)ccc12.I. The number of nitrogens with zero attached hydrogens (tertiary/aromatic N) is 2. The Balaban J connectivity index is 0.00000261. The number of hydrogen-bond acceptors (Lipinski definition) is 4. The van der Waals surface area contributed by atoms with Crippen molar-refractivity contribution < 1.29 is 4.39 Å². The number of guanidine groups is 1. The Morgan fingerprint density at radius 1 is 1.33 bits per heavy atom. The molecule has 1 aromatic carbocycles. The predicted molar refractivity (Wildman–Crippen MR) is 124 cm³/mol. The van der Waals surface area contributed by atoms with Gasteiger partial charge in [0.05, 0.1) is 0 Å². The van der Waals surface area contributed by atoms with Crippen molar-refractivity contribution in [2.45, 2.75) is 17.2 Å². The van der Waals surface area contributed by atoms with Gasteiger partial charge in [0.15, 0.2) is 5.96 Å². The van der Waals surface area contributed by atoms with E-state index in [2.05, 4.69) is 25.6 Å². The lowest BCUT2D eigenvalue weighted by molar-refractivity contribution is 0.629. The summed E-state index contributed by atoms with van der Waals surface area (Å²) in [4.78, 5) is 11.6. The maximum atomic E-state index is 13.2. The van der Waals surface area contributed by atoms with Gasteiger partial charge >= 0.3 is 0 Å². The molecule has 0 atom stereocenters. The summed E-state index contributed by atoms with van der Waals surface area (Å²) < 4.78 is 14.4. The second-order valence-electron chi connectivity index (χ2n) is 5.68. The van der Waals surface area contributed by atoms with Gasteiger partial charge in [-0.15, -0.1) is 35.3 Å². The number of halogens is 2. The third-order valence-electron chi connectivity index (χ3n) is 3.89. The number of hydrogen-bond donors (Lipinski definition) is 3. The summed E-state index contributed by atoms with van der Waals surface area (Å²) in [6, 6.07) is 4.84. The number of aromatic amines is 1. The van der Waals surface area contributed by atoms with Gasteiger partial charge in [-0.05, 0) is 36.6 Å². The third-order valence-corrected chi connectivity index (χ3v) is 5.94. The number of benzene rings is 1. The van der Waals surface area contributed by atoms with Crippen molar-refractivity contribution in [2.75, 3.05) is 25.9 Å². The van der Waals surface area contributed by atoms with Gasteiger partial charge in [0, 0.05) is 54.6 Å². The first-order valence-electron chi connectivity index (χ1n) is 8.48. The number of fused-ring (bicyclic) bond motifs is 1. The van der Waals surface area contributed by atoms with Crippen LogP contribution in [0, 0.1) is 5.82 Å². The number of rotatable bonds is 8. The lowest BCUT2D eigenvalue weighted by Crippen LogP contribution is -2.38. The van der Waals surface area contributed by atoms with Crippen molar-refractivity contribution in [3.05, 3.63) is 47.4 Å². The smallest absolute Gasteiger partial charge is 0.190 e. The lowest BCUT2D eigenvalue weighted by atomic mass is 10.1. The molecule has 0 amide bonds. The Morgan fingerprint density at radius 3 is 2.96 bits per heavy atom. The average Bonchev–Trinajstić information content (AvgIpc) is 3.29. The number of aromatic nitrogens is 2. The quantitative estimate of drug-likeness (QED) is 0.137. The monoisotopic (exact) mass is 519 g/mol. The highest BCUT2D eigenvalue weighted by molar-refractivity contribution is 14.0. The predicted octanol–water partition coefficient (Wildman–Crippen LogP) is 4.27. The number of thioether (sulfide) groups is 1. The summed E-state index contributed by atoms with van der Waals surface area (Å²) >= 11 is 3.46. The highest BCUT2D eigenvalue weighted by atomic mass is 127. The fourth-order valence-electron chi connectivity index (χ4n) is 2.62. The Labute approximate surface area is 183 Å². The Morgan fingerprint density at radius 2 is 2.19 bits per heavy atom. The van der Waals surface area contributed by atoms with Crippen molar-refractivity contribution in [3.63, 3.8) is 0 Å². The number of thiazole rings is 1. The minimum Gasteiger partial charge on any atom is -0.361 e. The number of nitrogens with one attached hydrogen (secondary N) is 3. The van der Waals surface area contributed by atoms with Gasteiger partial charge in [0.2, 0.25) is 0 Å². The van der Waals surface area contributed by atoms with Crippen molar-refractivity contribution in [2.24, 2.45) is 4.99 Å². The summed E-state index contributed by atoms with van der Waals surface area (Å²) in [6.07, 6.45) is 5.66. The maximum absolute atomic E-state index is 13.2. The molecule has 0 radical (unpaired) electrons. The molecule has 0 aliphatic carbocycles. The van der Waals surface area contributed by atoms with Crippen LogP contribution in [0.15, 0.2) is 45.3 Å². The molecule has 0 saturated carbocycles. The normalized spacial score (nSPS) is 11.4. The molecule has 0 saturated heterocycles. The molecule has 3 rings (SSSR count). The summed E-state index contributed by atoms with van der Waals surface area (Å²) in [6.45, 7) is 1.63. The standard InChI is InChI=1S/C18H22FN5S2.HI/c1-20-17(21-6-2-9-25-18-23-8-10-26-18)22-7-5-13-12-24-16-11-14(19)3-4-15(13)16;/h3-4,8,10-12,24H,2,5-7,9H2,1H3,(H2,20,21,22);1H. The number of H-pyrrole nitrogens is 1. The minimum atomic E-state index is -0.221. The summed E-state index contributed by atoms with van der Waals surface area (Å²) in [5.74, 6) is 1.61. The Hall–Kier alpha value is -1.33. The van der Waals surface area contributed by atoms with Crippen LogP contribution in [-0.4, -0.2) is 41.8 Å². The van der Waals surface area contributed by atoms with E-state index in [9.17, 15) is 4.39 Å². The molecule has 0 spiro atoms. The molecule has 9 heteroatoms. The molecule has 27 heavy (non-hydrogen) atoms. The van der Waals surface area contributed by atoms with E-state index in [1.807, 2.05) is 23.8 Å². The van der Waals surface area contributed by atoms with Crippen LogP contribution >= 0.6 is 47.1 Å². The lowest BCUT2D eigenvalue weighted by Gasteiger charge is -2.11. The van der Waals surface area contributed by atoms with Crippen LogP contribution in [0.2, 0.25) is 0 Å². The maximum Gasteiger partial charge on any atom is 0.190 e. The largest absolute Gasteiger partial charge is 0.361 e. The van der Waals surface area contributed by atoms with E-state index >= 15 is 0 Å². The molecule has 0 unspecified atom stereocenters. The van der Waals surface area contributed by atoms with Gasteiger partial charge in [0.1, 0.15) is 10.2 Å². The summed E-state index contributed by atoms with van der Waals surface area (Å²) in [7, 11) is 1.77. The average molecular weight is 519 g/mol. The Kier molecular flexibility index (Phi) is 9.35. The molecule has 0 aliphatic heterocycles. The fourth-order valence-corrected chi connectivity index (χ4v) is 4.27. The van der Waals surface area contributed by atoms with Crippen LogP contribution in [0.4, 0.5) is 4.39 Å². The van der Waals surface area contributed by atoms with E-state index in [-0.39, 0.29) is 29.8 Å². The van der Waals surface area contributed by atoms with Gasteiger partial charge < -0.3 is 15.6 Å². The molecule has 0 fully saturated rings. The van der Waals surface area contributed by atoms with Gasteiger partial charge in [-0.25, -0.2) is 9.37 Å². The number of aliphatic imine (C=N–C) groups is 1. The highest BCUT2D eigenvalue weighted by Crippen LogP contribution is 2.20. The van der Waals surface area contributed by atoms with E-state index in [0.29, 0.717) is 0 Å². The van der Waals surface area contributed by atoms with Gasteiger partial charge in [-0.1, -0.05) is 11.8 Å². The van der Waals surface area contributed by atoms with Crippen LogP contribution in [0.1, 0.15) is 12.0 Å². The summed E-state index contributed by atoms with van der Waals surface area (Å²) in [5.41, 5.74) is 2.00. The fraction of sp³-hybridized carbons (Fsp3) is 0.333. The van der Waals surface area contributed by atoms with Crippen molar-refractivity contribution in [1.82, 2.24) is 20.6 Å². The van der Waals surface area contributed by atoms with Crippen LogP contribution in [-0.2, 0) is 6.42 Å². The van der Waals surface area contributed by atoms with Gasteiger partial charge in [0.25, 0.3) is 0 Å². The van der Waals surface area contributed by atoms with Crippen LogP contribution in [0.25, 0.3) is 10.9 Å². The molecular formula is C18H23FIN5S2. The second kappa shape index (κ2) is 11.5. The molecule has 0 aliphatic rings. The molecular weight excluding hydrogens is 496 g/mol. The highest BCUT2D eigenvalue weighted by Gasteiger charge is 2.05. The molecule has 3 N–H and O–H groups in total. The Bertz CT molecular complexity index is 851. The molecule has 5 nitrogen and oxygen atoms in total. The first-order valence-corrected chi connectivity index (χ1v) is 10.3. The van der Waals surface area contributed by atoms with Crippen LogP contribution in [0.5, 0.6) is 0 Å². The van der Waals surface area contributed by atoms with E-state index < -0.39 is 0 Å². The van der Waals surface area contributed by atoms with Crippen LogP contribution < -0.4 is 10.6 Å². The van der Waals surface area contributed by atoms with Crippen molar-refractivity contribution in [1.29, 1.82) is 0 Å². The molecule has 146 valence electrons. The first kappa shape index (κ1) is 22.0. The van der Waals surface area contributed by atoms with Crippen LogP contribution in [0.3, 0.4) is 0 Å². The zero-order valence-electron chi connectivity index (χ0n) is 15.0. The van der Waals surface area contributed by atoms with Gasteiger partial charge in [-0.3, -0.25) is 4.99 Å². The van der Waals surface area contributed by atoms with Gasteiger partial charge in [-0.2, -0.15) is 0 Å². The molecule has 2 heterocycles. The first-order chi connectivity index (χ1) is 12.8. The van der Waals surface area contributed by atoms with E-state index in [4.69, 9.17) is 0 Å². The van der Waals surface area contributed by atoms with Crippen molar-refractivity contribution >= 4 is 63.9 Å². The van der Waals surface area contributed by atoms with E-state index in [0.717, 1.165) is 52.9 Å². The van der Waals surface area contributed by atoms with E-state index in [1.165, 1.54) is 17.7 Å². The molecule has 0 bridgehead atoms. The van der Waals surface area contributed by atoms with E-state index in [1.54, 1.807) is 30.1 Å². The molecule has 3 aromatic rings.